The smallest absolute Gasteiger partial charge is 0.297 e. The molecule has 0 spiro atoms. The van der Waals surface area contributed by atoms with E-state index in [4.69, 9.17) is 84.2 Å². The highest BCUT2D eigenvalue weighted by molar-refractivity contribution is 7.52. The molecule has 7 heterocycles. The Balaban J connectivity index is 1.41. The molecule has 6 aromatic rings. The van der Waals surface area contributed by atoms with Crippen molar-refractivity contribution in [2.24, 2.45) is 0 Å². The van der Waals surface area contributed by atoms with Crippen LogP contribution in [0.5, 0.6) is 0 Å². The maximum atomic E-state index is 15.1. The number of hydrogen-bond donors (Lipinski definition) is 0. The van der Waals surface area contributed by atoms with Gasteiger partial charge in [0.05, 0.1) is 226 Å². The van der Waals surface area contributed by atoms with Gasteiger partial charge in [0.2, 0.25) is 0 Å². The zero-order valence-corrected chi connectivity index (χ0v) is 66.1. The van der Waals surface area contributed by atoms with Crippen LogP contribution in [0.4, 0.5) is 0 Å². The number of hydrogen-bond acceptors (Lipinski definition) is 24. The zero-order valence-electron chi connectivity index (χ0n) is 60.8. The summed E-state index contributed by atoms with van der Waals surface area (Å²) in [7, 11) is -24.6. The highest BCUT2D eigenvalue weighted by atomic mass is 31.2. The van der Waals surface area contributed by atoms with Gasteiger partial charge >= 0.3 is 46.5 Å². The first-order valence-corrected chi connectivity index (χ1v) is 43.6. The Morgan fingerprint density at radius 3 is 0.373 bits per heavy atom. The SMILES string of the molecule is CCOP(=O)(OCC)N1Cc2cccc(n2)CN(P(=O)(OCC)OCC)Cc2cccc(n2)CN(P(=O)(OCC)OCC)Cc2cccc(n2)CN(P(=O)(OCC)OCC)Cc2cccc(n2)CN(P(=O)(OCC)OCC)Cc2cccc(n2)CN(P(=O)(OCC)OCC)Cc2cccc(n2)C1. The predicted octanol–water partition coefficient (Wildman–Crippen LogP) is 15.5. The highest BCUT2D eigenvalue weighted by Crippen LogP contribution is 2.58. The van der Waals surface area contributed by atoms with E-state index in [1.54, 1.807) is 220 Å². The van der Waals surface area contributed by atoms with E-state index in [9.17, 15) is 0 Å². The van der Waals surface area contributed by atoms with E-state index in [2.05, 4.69) is 0 Å². The van der Waals surface area contributed by atoms with E-state index in [1.165, 1.54) is 0 Å². The topological polar surface area (TPSA) is 310 Å². The first-order chi connectivity index (χ1) is 49.1. The maximum Gasteiger partial charge on any atom is 0.408 e. The Kier molecular flexibility index (Phi) is 34.6. The molecule has 0 saturated heterocycles. The third-order valence-electron chi connectivity index (χ3n) is 14.9. The molecule has 30 nitrogen and oxygen atoms in total. The fourth-order valence-corrected chi connectivity index (χ4v) is 21.2. The lowest BCUT2D eigenvalue weighted by Gasteiger charge is -2.31. The average Bonchev–Trinajstić information content (AvgIpc) is 0.815. The molecular formula is C66H102N12O18P6. The molecule has 1 aliphatic rings. The third-order valence-corrected chi connectivity index (χ3v) is 27.8. The Morgan fingerprint density at radius 2 is 0.294 bits per heavy atom. The summed E-state index contributed by atoms with van der Waals surface area (Å²) < 4.78 is 172. The molecule has 0 atom stereocenters. The van der Waals surface area contributed by atoms with Gasteiger partial charge in [0.1, 0.15) is 0 Å². The summed E-state index contributed by atoms with van der Waals surface area (Å²) in [5.41, 5.74) is 5.32. The molecule has 0 fully saturated rings. The molecule has 102 heavy (non-hydrogen) atoms. The highest BCUT2D eigenvalue weighted by Gasteiger charge is 2.41. The van der Waals surface area contributed by atoms with Crippen LogP contribution in [0.1, 0.15) is 151 Å². The lowest BCUT2D eigenvalue weighted by molar-refractivity contribution is 0.158. The van der Waals surface area contributed by atoms with Crippen molar-refractivity contribution in [2.45, 2.75) is 162 Å². The van der Waals surface area contributed by atoms with Crippen LogP contribution in [-0.2, 0) is 160 Å². The summed E-state index contributed by atoms with van der Waals surface area (Å²) in [5.74, 6) is 0. The quantitative estimate of drug-likeness (QED) is 0.0378. The molecular weight excluding hydrogens is 1430 g/mol. The van der Waals surface area contributed by atoms with Crippen molar-refractivity contribution in [3.8, 4) is 0 Å². The van der Waals surface area contributed by atoms with Crippen LogP contribution >= 0.6 is 46.5 Å². The summed E-state index contributed by atoms with van der Waals surface area (Å²) in [6.07, 6.45) is 0. The van der Waals surface area contributed by atoms with Gasteiger partial charge in [-0.1, -0.05) is 36.4 Å². The second-order valence-electron chi connectivity index (χ2n) is 22.5. The minimum Gasteiger partial charge on any atom is -0.297 e. The average molecular weight is 1540 g/mol. The summed E-state index contributed by atoms with van der Waals surface area (Å²) in [6, 6.07) is 31.9. The second-order valence-corrected chi connectivity index (χ2v) is 34.6. The molecule has 7 rings (SSSR count). The van der Waals surface area contributed by atoms with E-state index >= 15 is 27.4 Å². The fraction of sp³-hybridized carbons (Fsp3) is 0.545. The van der Waals surface area contributed by atoms with E-state index in [-0.39, 0.29) is 158 Å². The Hall–Kier alpha value is -4.44. The number of nitrogens with zero attached hydrogens (tertiary/aromatic N) is 12. The molecule has 0 amide bonds. The van der Waals surface area contributed by atoms with E-state index in [0.717, 1.165) is 0 Å². The van der Waals surface area contributed by atoms with Crippen LogP contribution in [0.15, 0.2) is 109 Å². The van der Waals surface area contributed by atoms with Crippen molar-refractivity contribution in [1.82, 2.24) is 57.9 Å². The lowest BCUT2D eigenvalue weighted by atomic mass is 10.2. The van der Waals surface area contributed by atoms with Gasteiger partial charge in [-0.05, 0) is 156 Å². The van der Waals surface area contributed by atoms with E-state index in [1.807, 2.05) is 0 Å². The normalized spacial score (nSPS) is 16.1. The monoisotopic (exact) mass is 1540 g/mol. The zero-order chi connectivity index (χ0) is 73.8. The molecule has 0 N–H and O–H groups in total. The van der Waals surface area contributed by atoms with Crippen LogP contribution in [0.25, 0.3) is 0 Å². The van der Waals surface area contributed by atoms with Gasteiger partial charge < -0.3 is 0 Å². The maximum absolute atomic E-state index is 15.1. The van der Waals surface area contributed by atoms with Crippen LogP contribution < -0.4 is 0 Å². The van der Waals surface area contributed by atoms with Crippen LogP contribution in [-0.4, -0.2) is 137 Å². The largest absolute Gasteiger partial charge is 0.408 e. The van der Waals surface area contributed by atoms with Crippen molar-refractivity contribution in [2.75, 3.05) is 79.3 Å². The number of pyridine rings is 6. The number of fused-ring (bicyclic) bond motifs is 12. The molecule has 1 aliphatic heterocycles. The third kappa shape index (κ3) is 24.3. The predicted molar refractivity (Wildman–Crippen MR) is 386 cm³/mol. The van der Waals surface area contributed by atoms with Crippen molar-refractivity contribution in [3.05, 3.63) is 178 Å². The van der Waals surface area contributed by atoms with Crippen LogP contribution in [0, 0.1) is 0 Å². The fourth-order valence-electron chi connectivity index (χ4n) is 11.0. The molecule has 12 bridgehead atoms. The van der Waals surface area contributed by atoms with Crippen molar-refractivity contribution in [1.29, 1.82) is 0 Å². The molecule has 36 heteroatoms. The number of rotatable bonds is 30. The van der Waals surface area contributed by atoms with Gasteiger partial charge in [0.15, 0.2) is 0 Å². The lowest BCUT2D eigenvalue weighted by Crippen LogP contribution is -2.27. The van der Waals surface area contributed by atoms with Gasteiger partial charge in [-0.3, -0.25) is 84.2 Å². The van der Waals surface area contributed by atoms with E-state index < -0.39 is 46.5 Å². The van der Waals surface area contributed by atoms with Crippen molar-refractivity contribution in [3.63, 3.8) is 0 Å². The molecule has 0 aromatic carbocycles. The summed E-state index contributed by atoms with van der Waals surface area (Å²) in [4.78, 5) is 30.3. The van der Waals surface area contributed by atoms with Crippen LogP contribution in [0.3, 0.4) is 0 Å². The summed E-state index contributed by atoms with van der Waals surface area (Å²) in [6.45, 7) is 20.1. The first kappa shape index (κ1) is 84.8. The molecule has 6 aromatic heterocycles. The van der Waals surface area contributed by atoms with Gasteiger partial charge in [-0.25, -0.2) is 27.4 Å². The summed E-state index contributed by atoms with van der Waals surface area (Å²) in [5, 5.41) is 0. The Labute approximate surface area is 601 Å². The number of aromatic nitrogens is 6. The Bertz CT molecular complexity index is 3080. The van der Waals surface area contributed by atoms with Crippen molar-refractivity contribution < 1.29 is 81.7 Å². The molecule has 0 saturated carbocycles. The van der Waals surface area contributed by atoms with Gasteiger partial charge in [-0.2, -0.15) is 28.0 Å². The van der Waals surface area contributed by atoms with Gasteiger partial charge in [0, 0.05) is 0 Å². The Morgan fingerprint density at radius 1 is 0.206 bits per heavy atom. The van der Waals surface area contributed by atoms with E-state index in [0.29, 0.717) is 68.3 Å². The minimum atomic E-state index is -4.10. The summed E-state index contributed by atoms with van der Waals surface area (Å²) >= 11 is 0. The molecule has 564 valence electrons. The standard InChI is InChI=1S/C66H102N12O18P6/c1-13-85-97(79,86-14-2)73-43-55-31-25-33-57(67-55)45-74(98(80,87-15-3)88-16-4)47-59-35-27-37-61(69-59)49-76(100(82,91-19-7)92-20-8)51-63-39-29-41-65(71-63)53-78(102(84,95-23-11)96-24-12)54-66-42-30-40-64(72-66)52-77(101(83,93-21-9)94-22-10)50-62-38-28-36-60(70-62)48-75(99(81,89-17-5)90-18-6)46-58-34-26-32-56(44-73)68-58/h25-42H,13-24,43-54H2,1-12H3. The van der Waals surface area contributed by atoms with Crippen molar-refractivity contribution >= 4 is 46.5 Å². The second kappa shape index (κ2) is 41.6. The van der Waals surface area contributed by atoms with Crippen LogP contribution in [0.2, 0.25) is 0 Å². The molecule has 0 aliphatic carbocycles. The molecule has 0 radical (unpaired) electrons. The van der Waals surface area contributed by atoms with Gasteiger partial charge in [-0.15, -0.1) is 0 Å². The first-order valence-electron chi connectivity index (χ1n) is 34.6. The molecule has 0 unspecified atom stereocenters. The minimum absolute atomic E-state index is 0.0382. The van der Waals surface area contributed by atoms with Gasteiger partial charge in [0.25, 0.3) is 0 Å².